The van der Waals surface area contributed by atoms with Gasteiger partial charge < -0.3 is 15.4 Å². The van der Waals surface area contributed by atoms with Gasteiger partial charge in [0.15, 0.2) is 11.6 Å². The summed E-state index contributed by atoms with van der Waals surface area (Å²) in [6.07, 6.45) is 1.08. The lowest BCUT2D eigenvalue weighted by molar-refractivity contribution is 0.168. The third kappa shape index (κ3) is 4.60. The van der Waals surface area contributed by atoms with Gasteiger partial charge in [-0.05, 0) is 58.2 Å². The quantitative estimate of drug-likeness (QED) is 0.885. The van der Waals surface area contributed by atoms with Crippen molar-refractivity contribution in [2.75, 3.05) is 32.1 Å². The monoisotopic (exact) mass is 337 g/mol. The second-order valence-corrected chi connectivity index (χ2v) is 7.41. The van der Waals surface area contributed by atoms with Crippen molar-refractivity contribution in [2.24, 2.45) is 5.92 Å². The summed E-state index contributed by atoms with van der Waals surface area (Å²) >= 11 is 0. The molecule has 0 saturated carbocycles. The zero-order chi connectivity index (χ0) is 17.9. The number of amides is 2. The summed E-state index contributed by atoms with van der Waals surface area (Å²) < 4.78 is 18.7. The number of urea groups is 1. The smallest absolute Gasteiger partial charge is 0.319 e. The molecule has 0 bridgehead atoms. The second kappa shape index (κ2) is 7.38. The van der Waals surface area contributed by atoms with E-state index in [0.29, 0.717) is 18.2 Å². The number of methoxy groups -OCH3 is 1. The van der Waals surface area contributed by atoms with Gasteiger partial charge in [-0.25, -0.2) is 9.18 Å². The van der Waals surface area contributed by atoms with Crippen LogP contribution in [0.2, 0.25) is 0 Å². The van der Waals surface area contributed by atoms with E-state index < -0.39 is 5.82 Å². The van der Waals surface area contributed by atoms with Crippen LogP contribution in [0, 0.1) is 18.7 Å². The summed E-state index contributed by atoms with van der Waals surface area (Å²) in [5, 5.41) is 5.60. The van der Waals surface area contributed by atoms with E-state index in [2.05, 4.69) is 36.3 Å². The number of ether oxygens (including phenoxy) is 1. The molecule has 2 rings (SSSR count). The van der Waals surface area contributed by atoms with Gasteiger partial charge in [0, 0.05) is 30.4 Å². The SMILES string of the molecule is COc1cc(C)c(NC(=O)NCC2CCN(C(C)(C)C)C2)cc1F. The van der Waals surface area contributed by atoms with Gasteiger partial charge in [-0.15, -0.1) is 0 Å². The van der Waals surface area contributed by atoms with Gasteiger partial charge in [0.1, 0.15) is 0 Å². The fourth-order valence-corrected chi connectivity index (χ4v) is 2.96. The van der Waals surface area contributed by atoms with Crippen LogP contribution >= 0.6 is 0 Å². The number of nitrogens with one attached hydrogen (secondary N) is 2. The van der Waals surface area contributed by atoms with Crippen molar-refractivity contribution in [3.63, 3.8) is 0 Å². The molecule has 0 aromatic heterocycles. The van der Waals surface area contributed by atoms with Crippen molar-refractivity contribution in [1.29, 1.82) is 0 Å². The molecule has 6 heteroatoms. The molecule has 1 unspecified atom stereocenters. The average molecular weight is 337 g/mol. The van der Waals surface area contributed by atoms with Crippen molar-refractivity contribution >= 4 is 11.7 Å². The van der Waals surface area contributed by atoms with E-state index in [1.807, 2.05) is 0 Å². The zero-order valence-electron chi connectivity index (χ0n) is 15.2. The summed E-state index contributed by atoms with van der Waals surface area (Å²) in [5.41, 5.74) is 1.37. The molecular weight excluding hydrogens is 309 g/mol. The second-order valence-electron chi connectivity index (χ2n) is 7.41. The van der Waals surface area contributed by atoms with E-state index in [9.17, 15) is 9.18 Å². The summed E-state index contributed by atoms with van der Waals surface area (Å²) in [4.78, 5) is 14.5. The molecule has 1 aliphatic rings. The highest BCUT2D eigenvalue weighted by Crippen LogP contribution is 2.26. The van der Waals surface area contributed by atoms with Crippen molar-refractivity contribution in [3.05, 3.63) is 23.5 Å². The van der Waals surface area contributed by atoms with Gasteiger partial charge in [-0.2, -0.15) is 0 Å². The number of rotatable bonds is 4. The van der Waals surface area contributed by atoms with Crippen molar-refractivity contribution in [3.8, 4) is 5.75 Å². The Labute approximate surface area is 143 Å². The van der Waals surface area contributed by atoms with Crippen molar-refractivity contribution in [2.45, 2.75) is 39.7 Å². The molecule has 1 saturated heterocycles. The predicted octanol–water partition coefficient (Wildman–Crippen LogP) is 3.38. The molecule has 1 heterocycles. The number of hydrogen-bond donors (Lipinski definition) is 2. The molecule has 5 nitrogen and oxygen atoms in total. The fourth-order valence-electron chi connectivity index (χ4n) is 2.96. The van der Waals surface area contributed by atoms with Crippen LogP contribution in [0.15, 0.2) is 12.1 Å². The molecule has 1 aromatic rings. The Morgan fingerprint density at radius 3 is 2.71 bits per heavy atom. The number of hydrogen-bond acceptors (Lipinski definition) is 3. The first-order valence-corrected chi connectivity index (χ1v) is 8.34. The number of nitrogens with zero attached hydrogens (tertiary/aromatic N) is 1. The van der Waals surface area contributed by atoms with Crippen LogP contribution in [0.5, 0.6) is 5.75 Å². The minimum Gasteiger partial charge on any atom is -0.494 e. The largest absolute Gasteiger partial charge is 0.494 e. The zero-order valence-corrected chi connectivity index (χ0v) is 15.2. The number of carbonyl (C=O) groups is 1. The molecule has 1 aliphatic heterocycles. The van der Waals surface area contributed by atoms with Crippen LogP contribution in [-0.2, 0) is 0 Å². The first kappa shape index (κ1) is 18.5. The van der Waals surface area contributed by atoms with E-state index in [-0.39, 0.29) is 17.3 Å². The van der Waals surface area contributed by atoms with Crippen LogP contribution in [-0.4, -0.2) is 43.2 Å². The number of aryl methyl sites for hydroxylation is 1. The molecule has 1 atom stereocenters. The van der Waals surface area contributed by atoms with Crippen molar-refractivity contribution < 1.29 is 13.9 Å². The fraction of sp³-hybridized carbons (Fsp3) is 0.611. The van der Waals surface area contributed by atoms with E-state index >= 15 is 0 Å². The molecule has 1 fully saturated rings. The third-order valence-corrected chi connectivity index (χ3v) is 4.53. The average Bonchev–Trinajstić information content (AvgIpc) is 2.97. The maximum Gasteiger partial charge on any atom is 0.319 e. The summed E-state index contributed by atoms with van der Waals surface area (Å²) in [6, 6.07) is 2.55. The molecule has 1 aromatic carbocycles. The minimum atomic E-state index is -0.491. The third-order valence-electron chi connectivity index (χ3n) is 4.53. The minimum absolute atomic E-state index is 0.161. The van der Waals surface area contributed by atoms with Crippen LogP contribution in [0.1, 0.15) is 32.8 Å². The van der Waals surface area contributed by atoms with Gasteiger partial charge >= 0.3 is 6.03 Å². The van der Waals surface area contributed by atoms with E-state index in [0.717, 1.165) is 25.1 Å². The summed E-state index contributed by atoms with van der Waals surface area (Å²) in [6.45, 7) is 11.1. The Morgan fingerprint density at radius 1 is 1.42 bits per heavy atom. The Balaban J connectivity index is 1.85. The van der Waals surface area contributed by atoms with Crippen molar-refractivity contribution in [1.82, 2.24) is 10.2 Å². The number of likely N-dealkylation sites (tertiary alicyclic amines) is 1. The Hall–Kier alpha value is -1.82. The highest BCUT2D eigenvalue weighted by atomic mass is 19.1. The molecular formula is C18H28FN3O2. The summed E-state index contributed by atoms with van der Waals surface area (Å²) in [5.74, 6) is 0.130. The molecule has 2 amide bonds. The normalized spacial score (nSPS) is 18.5. The number of benzene rings is 1. The lowest BCUT2D eigenvalue weighted by atomic mass is 10.1. The van der Waals surface area contributed by atoms with Gasteiger partial charge in [0.05, 0.1) is 7.11 Å². The first-order chi connectivity index (χ1) is 11.2. The van der Waals surface area contributed by atoms with Crippen LogP contribution < -0.4 is 15.4 Å². The maximum atomic E-state index is 13.8. The van der Waals surface area contributed by atoms with Crippen LogP contribution in [0.3, 0.4) is 0 Å². The Bertz CT molecular complexity index is 599. The number of halogens is 1. The number of carbonyl (C=O) groups excluding carboxylic acids is 1. The highest BCUT2D eigenvalue weighted by Gasteiger charge is 2.30. The molecule has 2 N–H and O–H groups in total. The lowest BCUT2D eigenvalue weighted by Gasteiger charge is -2.31. The highest BCUT2D eigenvalue weighted by molar-refractivity contribution is 5.90. The van der Waals surface area contributed by atoms with Gasteiger partial charge in [0.2, 0.25) is 0 Å². The maximum absolute atomic E-state index is 13.8. The predicted molar refractivity (Wildman–Crippen MR) is 94.1 cm³/mol. The van der Waals surface area contributed by atoms with E-state index in [4.69, 9.17) is 4.74 Å². The van der Waals surface area contributed by atoms with E-state index in [1.165, 1.54) is 13.2 Å². The van der Waals surface area contributed by atoms with Gasteiger partial charge in [-0.3, -0.25) is 4.90 Å². The van der Waals surface area contributed by atoms with Crippen LogP contribution in [0.25, 0.3) is 0 Å². The summed E-state index contributed by atoms with van der Waals surface area (Å²) in [7, 11) is 1.42. The lowest BCUT2D eigenvalue weighted by Crippen LogP contribution is -2.40. The topological polar surface area (TPSA) is 53.6 Å². The first-order valence-electron chi connectivity index (χ1n) is 8.34. The standard InChI is InChI=1S/C18H28FN3O2/c1-12-8-16(24-5)14(19)9-15(12)21-17(23)20-10-13-6-7-22(11-13)18(2,3)4/h8-9,13H,6-7,10-11H2,1-5H3,(H2,20,21,23). The molecule has 0 radical (unpaired) electrons. The Kier molecular flexibility index (Phi) is 5.70. The van der Waals surface area contributed by atoms with E-state index in [1.54, 1.807) is 13.0 Å². The molecule has 134 valence electrons. The van der Waals surface area contributed by atoms with Crippen LogP contribution in [0.4, 0.5) is 14.9 Å². The molecule has 0 spiro atoms. The Morgan fingerprint density at radius 2 is 2.12 bits per heavy atom. The van der Waals surface area contributed by atoms with Gasteiger partial charge in [-0.1, -0.05) is 0 Å². The number of anilines is 1. The van der Waals surface area contributed by atoms with Gasteiger partial charge in [0.25, 0.3) is 0 Å². The molecule has 0 aliphatic carbocycles. The molecule has 24 heavy (non-hydrogen) atoms.